The largest absolute Gasteiger partial charge is 0.305 e. The summed E-state index contributed by atoms with van der Waals surface area (Å²) in [6.07, 6.45) is 4.41. The fourth-order valence-corrected chi connectivity index (χ4v) is 2.71. The van der Waals surface area contributed by atoms with E-state index in [0.717, 1.165) is 29.7 Å². The van der Waals surface area contributed by atoms with Crippen molar-refractivity contribution < 1.29 is 9.59 Å². The molecule has 1 heterocycles. The number of rotatable bonds is 5. The minimum absolute atomic E-state index is 0.344. The van der Waals surface area contributed by atoms with Crippen molar-refractivity contribution in [1.82, 2.24) is 0 Å². The van der Waals surface area contributed by atoms with Gasteiger partial charge in [0.25, 0.3) is 11.7 Å². The van der Waals surface area contributed by atoms with E-state index in [1.54, 1.807) is 4.90 Å². The molecule has 0 saturated carbocycles. The molecule has 1 aliphatic heterocycles. The zero-order valence-electron chi connectivity index (χ0n) is 12.0. The van der Waals surface area contributed by atoms with Crippen LogP contribution in [0.5, 0.6) is 0 Å². The number of aryl methyl sites for hydroxylation is 2. The normalized spacial score (nSPS) is 14.2. The monoisotopic (exact) mass is 259 g/mol. The number of hydrogen-bond acceptors (Lipinski definition) is 2. The summed E-state index contributed by atoms with van der Waals surface area (Å²) < 4.78 is 0. The first-order valence-corrected chi connectivity index (χ1v) is 7.03. The molecule has 1 aliphatic rings. The van der Waals surface area contributed by atoms with Gasteiger partial charge >= 0.3 is 0 Å². The lowest BCUT2D eigenvalue weighted by Gasteiger charge is -2.17. The Morgan fingerprint density at radius 1 is 1.05 bits per heavy atom. The molecule has 0 bridgehead atoms. The minimum atomic E-state index is -0.361. The van der Waals surface area contributed by atoms with E-state index in [9.17, 15) is 9.59 Å². The number of amides is 1. The molecule has 1 amide bonds. The molecule has 1 aromatic carbocycles. The molecule has 0 N–H and O–H groups in total. The predicted octanol–water partition coefficient (Wildman–Crippen LogP) is 3.41. The summed E-state index contributed by atoms with van der Waals surface area (Å²) in [4.78, 5) is 25.8. The molecule has 2 rings (SSSR count). The summed E-state index contributed by atoms with van der Waals surface area (Å²) in [6, 6.07) is 3.91. The highest BCUT2D eigenvalue weighted by Gasteiger charge is 2.36. The van der Waals surface area contributed by atoms with Crippen LogP contribution in [-0.2, 0) is 4.79 Å². The van der Waals surface area contributed by atoms with Gasteiger partial charge in [-0.2, -0.15) is 0 Å². The van der Waals surface area contributed by atoms with Crippen molar-refractivity contribution in [2.75, 3.05) is 11.4 Å². The Labute approximate surface area is 114 Å². The number of carbonyl (C=O) groups excluding carboxylic acids is 2. The Balaban J connectivity index is 2.23. The van der Waals surface area contributed by atoms with Gasteiger partial charge in [0.15, 0.2) is 0 Å². The number of carbonyl (C=O) groups is 2. The lowest BCUT2D eigenvalue weighted by atomic mass is 10.0. The highest BCUT2D eigenvalue weighted by Crippen LogP contribution is 2.32. The van der Waals surface area contributed by atoms with E-state index < -0.39 is 0 Å². The zero-order valence-corrected chi connectivity index (χ0v) is 12.0. The number of nitrogens with zero attached hydrogens (tertiary/aromatic N) is 1. The number of hydrogen-bond donors (Lipinski definition) is 0. The smallest absolute Gasteiger partial charge is 0.299 e. The lowest BCUT2D eigenvalue weighted by molar-refractivity contribution is -0.114. The van der Waals surface area contributed by atoms with E-state index in [-0.39, 0.29) is 11.7 Å². The van der Waals surface area contributed by atoms with Gasteiger partial charge in [-0.05, 0) is 37.5 Å². The van der Waals surface area contributed by atoms with Crippen LogP contribution in [0.2, 0.25) is 0 Å². The second-order valence-corrected chi connectivity index (χ2v) is 5.32. The van der Waals surface area contributed by atoms with Crippen LogP contribution >= 0.6 is 0 Å². The van der Waals surface area contributed by atoms with E-state index in [4.69, 9.17) is 0 Å². The first kappa shape index (κ1) is 13.8. The van der Waals surface area contributed by atoms with Crippen molar-refractivity contribution in [1.29, 1.82) is 0 Å². The Bertz CT molecular complexity index is 520. The van der Waals surface area contributed by atoms with E-state index in [1.165, 1.54) is 12.8 Å². The third-order valence-corrected chi connectivity index (χ3v) is 3.65. The van der Waals surface area contributed by atoms with Crippen LogP contribution in [-0.4, -0.2) is 18.2 Å². The van der Waals surface area contributed by atoms with Crippen LogP contribution in [0.25, 0.3) is 0 Å². The highest BCUT2D eigenvalue weighted by molar-refractivity contribution is 6.52. The molecular formula is C16H21NO2. The molecule has 3 heteroatoms. The molecule has 0 saturated heterocycles. The van der Waals surface area contributed by atoms with Crippen LogP contribution in [0, 0.1) is 13.8 Å². The van der Waals surface area contributed by atoms with Crippen molar-refractivity contribution in [2.45, 2.75) is 46.5 Å². The Morgan fingerprint density at radius 2 is 1.79 bits per heavy atom. The highest BCUT2D eigenvalue weighted by atomic mass is 16.2. The third kappa shape index (κ3) is 2.55. The Hall–Kier alpha value is -1.64. The van der Waals surface area contributed by atoms with E-state index in [1.807, 2.05) is 26.0 Å². The maximum atomic E-state index is 12.1. The first-order chi connectivity index (χ1) is 9.06. The Kier molecular flexibility index (Phi) is 4.03. The molecule has 0 spiro atoms. The number of benzene rings is 1. The summed E-state index contributed by atoms with van der Waals surface area (Å²) >= 11 is 0. The summed E-state index contributed by atoms with van der Waals surface area (Å²) in [5.74, 6) is -0.705. The number of fused-ring (bicyclic) bond motifs is 1. The van der Waals surface area contributed by atoms with E-state index in [2.05, 4.69) is 6.92 Å². The average Bonchev–Trinajstić information content (AvgIpc) is 2.59. The molecule has 0 radical (unpaired) electrons. The fourth-order valence-electron chi connectivity index (χ4n) is 2.71. The maximum Gasteiger partial charge on any atom is 0.299 e. The SMILES string of the molecule is CCCCCCN1C(=O)C(=O)c2c(C)cc(C)cc21. The van der Waals surface area contributed by atoms with Gasteiger partial charge in [0.1, 0.15) is 0 Å². The summed E-state index contributed by atoms with van der Waals surface area (Å²) in [7, 11) is 0. The molecule has 102 valence electrons. The second-order valence-electron chi connectivity index (χ2n) is 5.32. The number of unbranched alkanes of at least 4 members (excludes halogenated alkanes) is 3. The second kappa shape index (κ2) is 5.55. The van der Waals surface area contributed by atoms with Crippen molar-refractivity contribution in [3.05, 3.63) is 28.8 Å². The van der Waals surface area contributed by atoms with Gasteiger partial charge in [-0.3, -0.25) is 9.59 Å². The van der Waals surface area contributed by atoms with Crippen molar-refractivity contribution in [3.63, 3.8) is 0 Å². The topological polar surface area (TPSA) is 37.4 Å². The maximum absolute atomic E-state index is 12.1. The predicted molar refractivity (Wildman–Crippen MR) is 76.7 cm³/mol. The van der Waals surface area contributed by atoms with Crippen LogP contribution in [0.1, 0.15) is 54.1 Å². The van der Waals surface area contributed by atoms with E-state index >= 15 is 0 Å². The molecule has 0 aromatic heterocycles. The van der Waals surface area contributed by atoms with Gasteiger partial charge in [-0.25, -0.2) is 0 Å². The van der Waals surface area contributed by atoms with Gasteiger partial charge in [0.05, 0.1) is 11.3 Å². The molecular weight excluding hydrogens is 238 g/mol. The number of Topliss-reactive ketones (excluding diaryl/α,β-unsaturated/α-hetero) is 1. The minimum Gasteiger partial charge on any atom is -0.305 e. The van der Waals surface area contributed by atoms with Crippen LogP contribution in [0.4, 0.5) is 5.69 Å². The van der Waals surface area contributed by atoms with Gasteiger partial charge in [0.2, 0.25) is 0 Å². The molecule has 1 aromatic rings. The van der Waals surface area contributed by atoms with Crippen molar-refractivity contribution in [3.8, 4) is 0 Å². The Morgan fingerprint density at radius 3 is 2.47 bits per heavy atom. The quantitative estimate of drug-likeness (QED) is 0.600. The molecule has 0 atom stereocenters. The summed E-state index contributed by atoms with van der Waals surface area (Å²) in [5, 5.41) is 0. The van der Waals surface area contributed by atoms with Gasteiger partial charge in [-0.1, -0.05) is 32.3 Å². The van der Waals surface area contributed by atoms with Gasteiger partial charge in [-0.15, -0.1) is 0 Å². The van der Waals surface area contributed by atoms with Crippen LogP contribution in [0.15, 0.2) is 12.1 Å². The van der Waals surface area contributed by atoms with Crippen LogP contribution in [0.3, 0.4) is 0 Å². The number of anilines is 1. The third-order valence-electron chi connectivity index (χ3n) is 3.65. The van der Waals surface area contributed by atoms with Crippen molar-refractivity contribution >= 4 is 17.4 Å². The molecule has 19 heavy (non-hydrogen) atoms. The molecule has 0 unspecified atom stereocenters. The number of ketones is 1. The zero-order chi connectivity index (χ0) is 14.0. The summed E-state index contributed by atoms with van der Waals surface area (Å²) in [6.45, 7) is 6.71. The standard InChI is InChI=1S/C16H21NO2/c1-4-5-6-7-8-17-13-10-11(2)9-12(3)14(13)15(18)16(17)19/h9-10H,4-8H2,1-3H3. The summed E-state index contributed by atoms with van der Waals surface area (Å²) in [5.41, 5.74) is 3.41. The van der Waals surface area contributed by atoms with Gasteiger partial charge in [0, 0.05) is 6.54 Å². The lowest BCUT2D eigenvalue weighted by Crippen LogP contribution is -2.30. The molecule has 0 fully saturated rings. The van der Waals surface area contributed by atoms with Gasteiger partial charge < -0.3 is 4.90 Å². The van der Waals surface area contributed by atoms with E-state index in [0.29, 0.717) is 12.1 Å². The molecule has 0 aliphatic carbocycles. The van der Waals surface area contributed by atoms with Crippen LogP contribution < -0.4 is 4.90 Å². The van der Waals surface area contributed by atoms with Crippen molar-refractivity contribution in [2.24, 2.45) is 0 Å². The molecule has 3 nitrogen and oxygen atoms in total. The fraction of sp³-hybridized carbons (Fsp3) is 0.500. The average molecular weight is 259 g/mol. The first-order valence-electron chi connectivity index (χ1n) is 7.03.